The van der Waals surface area contributed by atoms with Crippen LogP contribution in [-0.2, 0) is 4.74 Å². The molecular formula is C24H20FN5O2. The Morgan fingerprint density at radius 3 is 2.16 bits per heavy atom. The van der Waals surface area contributed by atoms with Crippen LogP contribution in [0.4, 0.5) is 26.5 Å². The third-order valence-electron chi connectivity index (χ3n) is 4.76. The molecule has 7 nitrogen and oxygen atoms in total. The lowest BCUT2D eigenvalue weighted by molar-refractivity contribution is 0.187. The molecule has 0 unspecified atom stereocenters. The number of carbonyl (C=O) groups is 1. The van der Waals surface area contributed by atoms with E-state index >= 15 is 0 Å². The highest BCUT2D eigenvalue weighted by Crippen LogP contribution is 2.38. The SMILES string of the molecule is COC(=O)Nc1cccc(N(c2ccc(F)cc2)C(c2cccnc2)c2cccnc2)n1. The number of hydrogen-bond donors (Lipinski definition) is 1. The van der Waals surface area contributed by atoms with E-state index in [-0.39, 0.29) is 11.9 Å². The summed E-state index contributed by atoms with van der Waals surface area (Å²) < 4.78 is 18.4. The highest BCUT2D eigenvalue weighted by molar-refractivity contribution is 5.83. The van der Waals surface area contributed by atoms with Crippen LogP contribution in [0.5, 0.6) is 0 Å². The number of nitrogens with zero attached hydrogens (tertiary/aromatic N) is 4. The van der Waals surface area contributed by atoms with E-state index in [4.69, 9.17) is 0 Å². The predicted octanol–water partition coefficient (Wildman–Crippen LogP) is 5.12. The number of aromatic nitrogens is 3. The van der Waals surface area contributed by atoms with E-state index < -0.39 is 6.09 Å². The molecule has 8 heteroatoms. The summed E-state index contributed by atoms with van der Waals surface area (Å²) in [7, 11) is 1.28. The molecular weight excluding hydrogens is 409 g/mol. The first-order valence-electron chi connectivity index (χ1n) is 9.82. The first kappa shape index (κ1) is 20.9. The van der Waals surface area contributed by atoms with Gasteiger partial charge in [0.05, 0.1) is 13.2 Å². The van der Waals surface area contributed by atoms with Crippen molar-refractivity contribution < 1.29 is 13.9 Å². The molecule has 160 valence electrons. The molecule has 3 aromatic heterocycles. The molecule has 0 saturated heterocycles. The molecule has 0 spiro atoms. The van der Waals surface area contributed by atoms with Gasteiger partial charge in [0.2, 0.25) is 0 Å². The average molecular weight is 429 g/mol. The van der Waals surface area contributed by atoms with Crippen LogP contribution in [0.15, 0.2) is 91.5 Å². The van der Waals surface area contributed by atoms with Crippen molar-refractivity contribution in [1.29, 1.82) is 0 Å². The number of ether oxygens (including phenoxy) is 1. The number of hydrogen-bond acceptors (Lipinski definition) is 6. The van der Waals surface area contributed by atoms with Crippen LogP contribution in [0.2, 0.25) is 0 Å². The maximum absolute atomic E-state index is 13.7. The Balaban J connectivity index is 1.89. The van der Waals surface area contributed by atoms with E-state index in [2.05, 4.69) is 25.0 Å². The predicted molar refractivity (Wildman–Crippen MR) is 119 cm³/mol. The molecule has 32 heavy (non-hydrogen) atoms. The van der Waals surface area contributed by atoms with E-state index in [0.29, 0.717) is 17.3 Å². The second-order valence-corrected chi connectivity index (χ2v) is 6.82. The first-order chi connectivity index (χ1) is 15.7. The van der Waals surface area contributed by atoms with Crippen molar-refractivity contribution in [1.82, 2.24) is 15.0 Å². The fourth-order valence-electron chi connectivity index (χ4n) is 3.36. The summed E-state index contributed by atoms with van der Waals surface area (Å²) >= 11 is 0. The fraction of sp³-hybridized carbons (Fsp3) is 0.0833. The van der Waals surface area contributed by atoms with Gasteiger partial charge in [-0.05, 0) is 59.7 Å². The van der Waals surface area contributed by atoms with Gasteiger partial charge in [-0.1, -0.05) is 18.2 Å². The maximum Gasteiger partial charge on any atom is 0.412 e. The Morgan fingerprint density at radius 1 is 0.938 bits per heavy atom. The minimum absolute atomic E-state index is 0.317. The van der Waals surface area contributed by atoms with Gasteiger partial charge in [0, 0.05) is 30.5 Å². The van der Waals surface area contributed by atoms with Crippen molar-refractivity contribution in [3.05, 3.63) is 108 Å². The number of halogens is 1. The lowest BCUT2D eigenvalue weighted by Crippen LogP contribution is -2.26. The van der Waals surface area contributed by atoms with Crippen LogP contribution >= 0.6 is 0 Å². The number of pyridine rings is 3. The van der Waals surface area contributed by atoms with E-state index in [9.17, 15) is 9.18 Å². The Kier molecular flexibility index (Phi) is 6.31. The topological polar surface area (TPSA) is 80.2 Å². The molecule has 1 N–H and O–H groups in total. The standard InChI is InChI=1S/C24H20FN5O2/c1-32-24(31)29-21-7-2-8-22(28-21)30(20-11-9-19(25)10-12-20)23(17-5-3-13-26-15-17)18-6-4-14-27-16-18/h2-16,23H,1H3,(H,28,29,31). The largest absolute Gasteiger partial charge is 0.453 e. The molecule has 0 saturated carbocycles. The molecule has 0 fully saturated rings. The number of carbonyl (C=O) groups excluding carboxylic acids is 1. The molecule has 0 aliphatic rings. The van der Waals surface area contributed by atoms with Crippen LogP contribution in [0.1, 0.15) is 17.2 Å². The molecule has 0 aliphatic carbocycles. The number of amides is 1. The maximum atomic E-state index is 13.7. The van der Waals surface area contributed by atoms with Gasteiger partial charge in [0.1, 0.15) is 17.5 Å². The number of methoxy groups -OCH3 is 1. The number of benzene rings is 1. The monoisotopic (exact) mass is 429 g/mol. The molecule has 1 aromatic carbocycles. The van der Waals surface area contributed by atoms with Gasteiger partial charge in [-0.25, -0.2) is 14.2 Å². The van der Waals surface area contributed by atoms with Crippen LogP contribution in [0.25, 0.3) is 0 Å². The molecule has 1 amide bonds. The number of nitrogens with one attached hydrogen (secondary N) is 1. The molecule has 4 rings (SSSR count). The number of rotatable bonds is 6. The summed E-state index contributed by atoms with van der Waals surface area (Å²) in [6.45, 7) is 0. The highest BCUT2D eigenvalue weighted by Gasteiger charge is 2.26. The third kappa shape index (κ3) is 4.70. The van der Waals surface area contributed by atoms with Crippen LogP contribution in [0.3, 0.4) is 0 Å². The Morgan fingerprint density at radius 2 is 1.59 bits per heavy atom. The molecule has 0 bridgehead atoms. The van der Waals surface area contributed by atoms with Crippen molar-refractivity contribution in [3.63, 3.8) is 0 Å². The Bertz CT molecular complexity index is 1130. The highest BCUT2D eigenvalue weighted by atomic mass is 19.1. The molecule has 3 heterocycles. The summed E-state index contributed by atoms with van der Waals surface area (Å²) in [5.74, 6) is 0.503. The van der Waals surface area contributed by atoms with Gasteiger partial charge < -0.3 is 9.64 Å². The Hall–Kier alpha value is -4.33. The molecule has 0 radical (unpaired) electrons. The second-order valence-electron chi connectivity index (χ2n) is 6.82. The summed E-state index contributed by atoms with van der Waals surface area (Å²) in [6.07, 6.45) is 6.31. The van der Waals surface area contributed by atoms with E-state index in [1.54, 1.807) is 49.1 Å². The van der Waals surface area contributed by atoms with Crippen molar-refractivity contribution in [2.45, 2.75) is 6.04 Å². The van der Waals surface area contributed by atoms with Gasteiger partial charge in [0.25, 0.3) is 0 Å². The van der Waals surface area contributed by atoms with Crippen molar-refractivity contribution >= 4 is 23.4 Å². The average Bonchev–Trinajstić information content (AvgIpc) is 2.84. The molecule has 0 atom stereocenters. The number of anilines is 3. The smallest absolute Gasteiger partial charge is 0.412 e. The van der Waals surface area contributed by atoms with Crippen molar-refractivity contribution in [2.24, 2.45) is 0 Å². The lowest BCUT2D eigenvalue weighted by Gasteiger charge is -2.33. The van der Waals surface area contributed by atoms with Crippen LogP contribution in [0, 0.1) is 5.82 Å². The fourth-order valence-corrected chi connectivity index (χ4v) is 3.36. The minimum atomic E-state index is -0.626. The molecule has 4 aromatic rings. The van der Waals surface area contributed by atoms with E-state index in [1.807, 2.05) is 35.2 Å². The summed E-state index contributed by atoms with van der Waals surface area (Å²) in [5, 5.41) is 2.58. The van der Waals surface area contributed by atoms with Gasteiger partial charge >= 0.3 is 6.09 Å². The van der Waals surface area contributed by atoms with Crippen molar-refractivity contribution in [3.8, 4) is 0 Å². The minimum Gasteiger partial charge on any atom is -0.453 e. The lowest BCUT2D eigenvalue weighted by atomic mass is 9.99. The zero-order chi connectivity index (χ0) is 22.3. The van der Waals surface area contributed by atoms with Gasteiger partial charge in [-0.2, -0.15) is 0 Å². The zero-order valence-electron chi connectivity index (χ0n) is 17.2. The first-order valence-corrected chi connectivity index (χ1v) is 9.82. The summed E-state index contributed by atoms with van der Waals surface area (Å²) in [5.41, 5.74) is 2.47. The quantitative estimate of drug-likeness (QED) is 0.458. The summed E-state index contributed by atoms with van der Waals surface area (Å²) in [6, 6.07) is 18.6. The van der Waals surface area contributed by atoms with E-state index in [1.165, 1.54) is 19.2 Å². The van der Waals surface area contributed by atoms with Crippen LogP contribution < -0.4 is 10.2 Å². The Labute approximate surface area is 184 Å². The molecule has 0 aliphatic heterocycles. The second kappa shape index (κ2) is 9.65. The zero-order valence-corrected chi connectivity index (χ0v) is 17.2. The van der Waals surface area contributed by atoms with Gasteiger partial charge in [-0.3, -0.25) is 15.3 Å². The van der Waals surface area contributed by atoms with Crippen molar-refractivity contribution in [2.75, 3.05) is 17.3 Å². The summed E-state index contributed by atoms with van der Waals surface area (Å²) in [4.78, 5) is 26.8. The van der Waals surface area contributed by atoms with E-state index in [0.717, 1.165) is 11.1 Å². The third-order valence-corrected chi connectivity index (χ3v) is 4.76. The van der Waals surface area contributed by atoms with Gasteiger partial charge in [0.15, 0.2) is 0 Å². The van der Waals surface area contributed by atoms with Crippen LogP contribution in [-0.4, -0.2) is 28.2 Å². The normalized spacial score (nSPS) is 10.6. The van der Waals surface area contributed by atoms with Gasteiger partial charge in [-0.15, -0.1) is 0 Å².